The Bertz CT molecular complexity index is 468. The average Bonchev–Trinajstić information content (AvgIpc) is 2.32. The Morgan fingerprint density at radius 2 is 2.00 bits per heavy atom. The molecule has 13 heavy (non-hydrogen) atoms. The largest absolute Gasteiger partial charge is 0.398 e. The van der Waals surface area contributed by atoms with Gasteiger partial charge >= 0.3 is 0 Å². The zero-order valence-corrected chi connectivity index (χ0v) is 8.13. The number of anilines is 1. The highest BCUT2D eigenvalue weighted by molar-refractivity contribution is 5.85. The minimum Gasteiger partial charge on any atom is -0.398 e. The lowest BCUT2D eigenvalue weighted by molar-refractivity contribution is 0.751. The Hall–Kier alpha value is -1.51. The van der Waals surface area contributed by atoms with E-state index < -0.39 is 0 Å². The Morgan fingerprint density at radius 3 is 2.69 bits per heavy atom. The monoisotopic (exact) mass is 175 g/mol. The minimum atomic E-state index is 0.837. The molecule has 2 aromatic rings. The first-order valence-electron chi connectivity index (χ1n) is 4.29. The van der Waals surface area contributed by atoms with Crippen LogP contribution >= 0.6 is 0 Å². The predicted octanol–water partition coefficient (Wildman–Crippen LogP) is 1.77. The molecule has 0 bridgehead atoms. The lowest BCUT2D eigenvalue weighted by Crippen LogP contribution is -1.91. The van der Waals surface area contributed by atoms with Crippen LogP contribution in [0.2, 0.25) is 0 Å². The Morgan fingerprint density at radius 1 is 1.31 bits per heavy atom. The average molecular weight is 175 g/mol. The van der Waals surface area contributed by atoms with Crippen LogP contribution in [0.1, 0.15) is 11.3 Å². The molecule has 0 aliphatic heterocycles. The molecule has 0 atom stereocenters. The van der Waals surface area contributed by atoms with E-state index >= 15 is 0 Å². The Balaban J connectivity index is 2.89. The van der Waals surface area contributed by atoms with Crippen molar-refractivity contribution < 1.29 is 0 Å². The van der Waals surface area contributed by atoms with Gasteiger partial charge in [0.2, 0.25) is 0 Å². The van der Waals surface area contributed by atoms with Gasteiger partial charge in [0.1, 0.15) is 0 Å². The highest BCUT2D eigenvalue weighted by Crippen LogP contribution is 2.22. The molecular formula is C10H13N3. The predicted molar refractivity (Wildman–Crippen MR) is 54.6 cm³/mol. The quantitative estimate of drug-likeness (QED) is 0.620. The maximum absolute atomic E-state index is 5.83. The summed E-state index contributed by atoms with van der Waals surface area (Å²) >= 11 is 0. The summed E-state index contributed by atoms with van der Waals surface area (Å²) < 4.78 is 1.88. The molecule has 0 spiro atoms. The van der Waals surface area contributed by atoms with E-state index in [9.17, 15) is 0 Å². The smallest absolute Gasteiger partial charge is 0.0930 e. The van der Waals surface area contributed by atoms with E-state index in [2.05, 4.69) is 5.10 Å². The second kappa shape index (κ2) is 2.49. The number of nitrogens with two attached hydrogens (primary N) is 1. The summed E-state index contributed by atoms with van der Waals surface area (Å²) in [5, 5.41) is 5.52. The molecule has 0 aliphatic rings. The van der Waals surface area contributed by atoms with Crippen LogP contribution in [0.3, 0.4) is 0 Å². The van der Waals surface area contributed by atoms with Gasteiger partial charge in [-0.1, -0.05) is 0 Å². The highest BCUT2D eigenvalue weighted by Gasteiger charge is 2.05. The third kappa shape index (κ3) is 1.08. The second-order valence-corrected chi connectivity index (χ2v) is 3.43. The van der Waals surface area contributed by atoms with E-state index in [0.717, 1.165) is 27.8 Å². The lowest BCUT2D eigenvalue weighted by atomic mass is 10.1. The molecule has 0 aliphatic carbocycles. The van der Waals surface area contributed by atoms with E-state index in [1.807, 2.05) is 37.7 Å². The SMILES string of the molecule is Cc1cc2nn(C)c(C)c2cc1N. The van der Waals surface area contributed by atoms with Gasteiger partial charge in [0.15, 0.2) is 0 Å². The van der Waals surface area contributed by atoms with Crippen molar-refractivity contribution in [1.82, 2.24) is 9.78 Å². The third-order valence-corrected chi connectivity index (χ3v) is 2.52. The summed E-state index contributed by atoms with van der Waals surface area (Å²) in [6.07, 6.45) is 0. The summed E-state index contributed by atoms with van der Waals surface area (Å²) in [5.41, 5.74) is 9.93. The highest BCUT2D eigenvalue weighted by atomic mass is 15.3. The molecule has 68 valence electrons. The summed E-state index contributed by atoms with van der Waals surface area (Å²) in [7, 11) is 1.95. The van der Waals surface area contributed by atoms with E-state index in [-0.39, 0.29) is 0 Å². The van der Waals surface area contributed by atoms with Gasteiger partial charge in [0.25, 0.3) is 0 Å². The molecule has 2 rings (SSSR count). The van der Waals surface area contributed by atoms with E-state index in [1.54, 1.807) is 0 Å². The van der Waals surface area contributed by atoms with Crippen molar-refractivity contribution in [2.75, 3.05) is 5.73 Å². The van der Waals surface area contributed by atoms with Gasteiger partial charge in [0, 0.05) is 23.8 Å². The molecule has 1 aromatic heterocycles. The molecule has 3 heteroatoms. The van der Waals surface area contributed by atoms with Gasteiger partial charge in [0.05, 0.1) is 5.52 Å². The van der Waals surface area contributed by atoms with Gasteiger partial charge in [-0.05, 0) is 31.5 Å². The second-order valence-electron chi connectivity index (χ2n) is 3.43. The third-order valence-electron chi connectivity index (χ3n) is 2.52. The number of hydrogen-bond acceptors (Lipinski definition) is 2. The van der Waals surface area contributed by atoms with Crippen LogP contribution in [0.25, 0.3) is 10.9 Å². The summed E-state index contributed by atoms with van der Waals surface area (Å²) in [6.45, 7) is 4.04. The van der Waals surface area contributed by atoms with Crippen molar-refractivity contribution in [1.29, 1.82) is 0 Å². The standard InChI is InChI=1S/C10H13N3/c1-6-4-10-8(5-9(6)11)7(2)13(3)12-10/h4-5H,11H2,1-3H3. The maximum Gasteiger partial charge on any atom is 0.0930 e. The fraction of sp³-hybridized carbons (Fsp3) is 0.300. The van der Waals surface area contributed by atoms with Crippen LogP contribution in [-0.4, -0.2) is 9.78 Å². The molecule has 0 radical (unpaired) electrons. The topological polar surface area (TPSA) is 43.8 Å². The molecule has 1 aromatic carbocycles. The lowest BCUT2D eigenvalue weighted by Gasteiger charge is -1.98. The van der Waals surface area contributed by atoms with Crippen molar-refractivity contribution in [2.45, 2.75) is 13.8 Å². The normalized spacial score (nSPS) is 11.0. The number of rotatable bonds is 0. The minimum absolute atomic E-state index is 0.837. The summed E-state index contributed by atoms with van der Waals surface area (Å²) in [4.78, 5) is 0. The van der Waals surface area contributed by atoms with Crippen molar-refractivity contribution in [2.24, 2.45) is 7.05 Å². The molecule has 3 nitrogen and oxygen atoms in total. The molecular weight excluding hydrogens is 162 g/mol. The maximum atomic E-state index is 5.83. The van der Waals surface area contributed by atoms with E-state index in [0.29, 0.717) is 0 Å². The number of nitrogen functional groups attached to an aromatic ring is 1. The molecule has 1 heterocycles. The van der Waals surface area contributed by atoms with Crippen molar-refractivity contribution in [3.8, 4) is 0 Å². The first-order chi connectivity index (χ1) is 6.09. The van der Waals surface area contributed by atoms with Crippen LogP contribution in [0.4, 0.5) is 5.69 Å². The van der Waals surface area contributed by atoms with Gasteiger partial charge in [-0.2, -0.15) is 5.10 Å². The van der Waals surface area contributed by atoms with E-state index in [4.69, 9.17) is 5.73 Å². The van der Waals surface area contributed by atoms with Crippen molar-refractivity contribution in [3.05, 3.63) is 23.4 Å². The zero-order chi connectivity index (χ0) is 9.59. The van der Waals surface area contributed by atoms with Crippen LogP contribution < -0.4 is 5.73 Å². The van der Waals surface area contributed by atoms with Crippen molar-refractivity contribution >= 4 is 16.6 Å². The molecule has 0 saturated heterocycles. The van der Waals surface area contributed by atoms with Crippen molar-refractivity contribution in [3.63, 3.8) is 0 Å². The van der Waals surface area contributed by atoms with Crippen LogP contribution in [0.15, 0.2) is 12.1 Å². The van der Waals surface area contributed by atoms with Gasteiger partial charge in [-0.15, -0.1) is 0 Å². The van der Waals surface area contributed by atoms with Gasteiger partial charge in [-0.3, -0.25) is 4.68 Å². The fourth-order valence-electron chi connectivity index (χ4n) is 1.49. The number of aryl methyl sites for hydroxylation is 3. The van der Waals surface area contributed by atoms with Crippen LogP contribution in [-0.2, 0) is 7.05 Å². The Kier molecular flexibility index (Phi) is 1.55. The van der Waals surface area contributed by atoms with Gasteiger partial charge in [-0.25, -0.2) is 0 Å². The van der Waals surface area contributed by atoms with E-state index in [1.165, 1.54) is 0 Å². The molecule has 0 fully saturated rings. The summed E-state index contributed by atoms with van der Waals surface area (Å²) in [5.74, 6) is 0. The number of nitrogens with zero attached hydrogens (tertiary/aromatic N) is 2. The first kappa shape index (κ1) is 8.10. The molecule has 0 amide bonds. The molecule has 2 N–H and O–H groups in total. The molecule has 0 saturated carbocycles. The van der Waals surface area contributed by atoms with Crippen LogP contribution in [0.5, 0.6) is 0 Å². The number of hydrogen-bond donors (Lipinski definition) is 1. The number of benzene rings is 1. The number of fused-ring (bicyclic) bond motifs is 1. The van der Waals surface area contributed by atoms with Crippen LogP contribution in [0, 0.1) is 13.8 Å². The summed E-state index contributed by atoms with van der Waals surface area (Å²) in [6, 6.07) is 4.02. The molecule has 0 unspecified atom stereocenters. The number of aromatic nitrogens is 2. The Labute approximate surface area is 77.2 Å². The zero-order valence-electron chi connectivity index (χ0n) is 8.13. The fourth-order valence-corrected chi connectivity index (χ4v) is 1.49. The first-order valence-corrected chi connectivity index (χ1v) is 4.29. The van der Waals surface area contributed by atoms with Gasteiger partial charge < -0.3 is 5.73 Å².